The van der Waals surface area contributed by atoms with E-state index in [1.54, 1.807) is 6.92 Å². The van der Waals surface area contributed by atoms with Crippen LogP contribution in [0.5, 0.6) is 0 Å². The van der Waals surface area contributed by atoms with Gasteiger partial charge in [-0.15, -0.1) is 0 Å². The molecule has 3 fully saturated rings. The zero-order valence-corrected chi connectivity index (χ0v) is 16.2. The first-order chi connectivity index (χ1) is 12.1. The Balaban J connectivity index is 1.62. The number of hydrogen-bond donors (Lipinski definition) is 0. The molecule has 0 heterocycles. The number of halogens is 3. The number of rotatable bonds is 1. The summed E-state index contributed by atoms with van der Waals surface area (Å²) in [7, 11) is 0. The normalized spacial score (nSPS) is 48.2. The summed E-state index contributed by atoms with van der Waals surface area (Å²) in [5, 5.41) is 0. The van der Waals surface area contributed by atoms with Gasteiger partial charge in [-0.2, -0.15) is 13.2 Å². The molecule has 7 unspecified atom stereocenters. The number of hydrogen-bond acceptors (Lipinski definition) is 1. The predicted molar refractivity (Wildman–Crippen MR) is 95.4 cm³/mol. The molecule has 0 aromatic carbocycles. The van der Waals surface area contributed by atoms with Gasteiger partial charge in [-0.3, -0.25) is 4.79 Å². The fraction of sp³-hybridized carbons (Fsp3) is 0.864. The molecule has 7 atom stereocenters. The lowest BCUT2D eigenvalue weighted by atomic mass is 9.48. The topological polar surface area (TPSA) is 17.1 Å². The number of allylic oxidation sites excluding steroid dienone is 2. The summed E-state index contributed by atoms with van der Waals surface area (Å²) in [6, 6.07) is 0. The zero-order valence-electron chi connectivity index (χ0n) is 16.2. The molecule has 0 radical (unpaired) electrons. The molecule has 0 amide bonds. The second-order valence-electron chi connectivity index (χ2n) is 10.0. The third kappa shape index (κ3) is 2.53. The third-order valence-corrected chi connectivity index (χ3v) is 8.98. The molecular weight excluding hydrogens is 337 g/mol. The molecule has 0 spiro atoms. The lowest BCUT2D eigenvalue weighted by Crippen LogP contribution is -2.49. The molecule has 0 saturated heterocycles. The smallest absolute Gasteiger partial charge is 0.300 e. The number of ketones is 1. The summed E-state index contributed by atoms with van der Waals surface area (Å²) in [6.07, 6.45) is 4.53. The third-order valence-electron chi connectivity index (χ3n) is 8.98. The van der Waals surface area contributed by atoms with Gasteiger partial charge in [0.2, 0.25) is 0 Å². The fourth-order valence-corrected chi connectivity index (χ4v) is 7.49. The Morgan fingerprint density at radius 3 is 2.50 bits per heavy atom. The van der Waals surface area contributed by atoms with Crippen LogP contribution in [0.15, 0.2) is 11.6 Å². The van der Waals surface area contributed by atoms with Gasteiger partial charge in [0, 0.05) is 5.92 Å². The first-order valence-electron chi connectivity index (χ1n) is 10.3. The van der Waals surface area contributed by atoms with Gasteiger partial charge in [-0.05, 0) is 86.9 Å². The Bertz CT molecular complexity index is 636. The van der Waals surface area contributed by atoms with Crippen molar-refractivity contribution in [3.63, 3.8) is 0 Å². The maximum Gasteiger partial charge on any atom is 0.391 e. The molecule has 4 rings (SSSR count). The van der Waals surface area contributed by atoms with Crippen LogP contribution in [0, 0.1) is 40.4 Å². The van der Waals surface area contributed by atoms with E-state index in [0.717, 1.165) is 32.1 Å². The van der Waals surface area contributed by atoms with Gasteiger partial charge in [0.1, 0.15) is 5.78 Å². The lowest BCUT2D eigenvalue weighted by molar-refractivity contribution is -0.194. The first kappa shape index (κ1) is 18.6. The van der Waals surface area contributed by atoms with Gasteiger partial charge < -0.3 is 0 Å². The van der Waals surface area contributed by atoms with E-state index in [1.807, 2.05) is 0 Å². The molecule has 4 aliphatic carbocycles. The maximum absolute atomic E-state index is 13.3. The minimum absolute atomic E-state index is 0.0553. The average molecular weight is 368 g/mol. The molecule has 3 saturated carbocycles. The van der Waals surface area contributed by atoms with Crippen LogP contribution >= 0.6 is 0 Å². The van der Waals surface area contributed by atoms with Crippen molar-refractivity contribution < 1.29 is 18.0 Å². The van der Waals surface area contributed by atoms with Crippen molar-refractivity contribution in [2.75, 3.05) is 0 Å². The van der Waals surface area contributed by atoms with Crippen molar-refractivity contribution in [2.24, 2.45) is 40.4 Å². The molecule has 0 aliphatic heterocycles. The van der Waals surface area contributed by atoms with Crippen LogP contribution in [-0.4, -0.2) is 12.0 Å². The molecule has 146 valence electrons. The second-order valence-corrected chi connectivity index (χ2v) is 10.0. The van der Waals surface area contributed by atoms with E-state index in [-0.39, 0.29) is 29.1 Å². The van der Waals surface area contributed by atoms with Crippen molar-refractivity contribution in [1.82, 2.24) is 0 Å². The van der Waals surface area contributed by atoms with E-state index in [1.165, 1.54) is 5.57 Å². The Labute approximate surface area is 154 Å². The highest BCUT2D eigenvalue weighted by Crippen LogP contribution is 2.66. The van der Waals surface area contributed by atoms with Crippen molar-refractivity contribution in [1.29, 1.82) is 0 Å². The van der Waals surface area contributed by atoms with Crippen LogP contribution in [0.3, 0.4) is 0 Å². The van der Waals surface area contributed by atoms with E-state index < -0.39 is 12.1 Å². The molecule has 0 aromatic rings. The van der Waals surface area contributed by atoms with Crippen LogP contribution in [0.4, 0.5) is 13.2 Å². The number of carbonyl (C=O) groups is 1. The highest BCUT2D eigenvalue weighted by Gasteiger charge is 2.59. The Hall–Kier alpha value is -0.800. The molecule has 0 aromatic heterocycles. The molecule has 1 nitrogen and oxygen atoms in total. The predicted octanol–water partition coefficient (Wildman–Crippen LogP) is 6.33. The highest BCUT2D eigenvalue weighted by molar-refractivity contribution is 5.79. The SMILES string of the molecule is CC(=O)C1CCC2C3CCC4CC(C(F)(F)F)CCC4(C)C3=CCC12C. The van der Waals surface area contributed by atoms with E-state index >= 15 is 0 Å². The van der Waals surface area contributed by atoms with Gasteiger partial charge in [-0.1, -0.05) is 25.5 Å². The minimum atomic E-state index is -4.04. The van der Waals surface area contributed by atoms with Crippen LogP contribution < -0.4 is 0 Å². The second kappa shape index (κ2) is 5.85. The lowest BCUT2D eigenvalue weighted by Gasteiger charge is -2.57. The number of carbonyl (C=O) groups excluding carboxylic acids is 1. The Morgan fingerprint density at radius 2 is 1.85 bits per heavy atom. The average Bonchev–Trinajstić information content (AvgIpc) is 2.90. The van der Waals surface area contributed by atoms with Crippen LogP contribution in [0.1, 0.15) is 72.1 Å². The summed E-state index contributed by atoms with van der Waals surface area (Å²) < 4.78 is 39.8. The van der Waals surface area contributed by atoms with E-state index in [0.29, 0.717) is 30.5 Å². The van der Waals surface area contributed by atoms with Crippen LogP contribution in [0.25, 0.3) is 0 Å². The van der Waals surface area contributed by atoms with Crippen molar-refractivity contribution in [3.05, 3.63) is 11.6 Å². The van der Waals surface area contributed by atoms with E-state index in [2.05, 4.69) is 19.9 Å². The molecule has 0 N–H and O–H groups in total. The minimum Gasteiger partial charge on any atom is -0.300 e. The molecule has 0 bridgehead atoms. The van der Waals surface area contributed by atoms with Crippen LogP contribution in [0.2, 0.25) is 0 Å². The van der Waals surface area contributed by atoms with Gasteiger partial charge in [0.25, 0.3) is 0 Å². The van der Waals surface area contributed by atoms with Crippen LogP contribution in [-0.2, 0) is 4.79 Å². The summed E-state index contributed by atoms with van der Waals surface area (Å²) >= 11 is 0. The zero-order chi connectivity index (χ0) is 18.9. The monoisotopic (exact) mass is 368 g/mol. The summed E-state index contributed by atoms with van der Waals surface area (Å²) in [4.78, 5) is 12.2. The Kier molecular flexibility index (Phi) is 4.17. The fourth-order valence-electron chi connectivity index (χ4n) is 7.49. The molecule has 4 heteroatoms. The van der Waals surface area contributed by atoms with Gasteiger partial charge in [0.15, 0.2) is 0 Å². The van der Waals surface area contributed by atoms with Crippen molar-refractivity contribution in [3.8, 4) is 0 Å². The molecule has 26 heavy (non-hydrogen) atoms. The van der Waals surface area contributed by atoms with Gasteiger partial charge >= 0.3 is 6.18 Å². The number of Topliss-reactive ketones (excluding diaryl/α,β-unsaturated/α-hetero) is 1. The van der Waals surface area contributed by atoms with Gasteiger partial charge in [-0.25, -0.2) is 0 Å². The first-order valence-corrected chi connectivity index (χ1v) is 10.3. The van der Waals surface area contributed by atoms with E-state index in [9.17, 15) is 18.0 Å². The van der Waals surface area contributed by atoms with E-state index in [4.69, 9.17) is 0 Å². The standard InChI is InChI=1S/C22H31F3O/c1-13(26)17-6-7-18-16-5-4-14-12-15(22(23,24)25)8-10-20(14,2)19(16)9-11-21(17,18)3/h9,14-18H,4-8,10-12H2,1-3H3. The summed E-state index contributed by atoms with van der Waals surface area (Å²) in [6.45, 7) is 6.26. The number of fused-ring (bicyclic) bond motifs is 5. The van der Waals surface area contributed by atoms with Gasteiger partial charge in [0.05, 0.1) is 5.92 Å². The Morgan fingerprint density at radius 1 is 1.12 bits per heavy atom. The summed E-state index contributed by atoms with van der Waals surface area (Å²) in [5.74, 6) is 0.561. The highest BCUT2D eigenvalue weighted by atomic mass is 19.4. The number of alkyl halides is 3. The molecule has 4 aliphatic rings. The largest absolute Gasteiger partial charge is 0.391 e. The summed E-state index contributed by atoms with van der Waals surface area (Å²) in [5.41, 5.74) is 1.47. The quantitative estimate of drug-likeness (QED) is 0.494. The maximum atomic E-state index is 13.3. The van der Waals surface area contributed by atoms with Crippen molar-refractivity contribution >= 4 is 5.78 Å². The van der Waals surface area contributed by atoms with Crippen molar-refractivity contribution in [2.45, 2.75) is 78.3 Å². The molecular formula is C22H31F3O.